The molecule has 2 fully saturated rings. The van der Waals surface area contributed by atoms with Crippen LogP contribution in [0.5, 0.6) is 0 Å². The van der Waals surface area contributed by atoms with Crippen molar-refractivity contribution in [3.63, 3.8) is 0 Å². The highest BCUT2D eigenvalue weighted by Gasteiger charge is 2.20. The fraction of sp³-hybridized carbons (Fsp3) is 0.579. The molecule has 0 atom stereocenters. The van der Waals surface area contributed by atoms with Gasteiger partial charge in [0, 0.05) is 59.4 Å². The van der Waals surface area contributed by atoms with Crippen molar-refractivity contribution in [2.24, 2.45) is 0 Å². The van der Waals surface area contributed by atoms with Gasteiger partial charge in [-0.1, -0.05) is 0 Å². The number of aromatic nitrogens is 4. The van der Waals surface area contributed by atoms with E-state index < -0.39 is 0 Å². The van der Waals surface area contributed by atoms with E-state index in [1.165, 1.54) is 19.3 Å². The fourth-order valence-electron chi connectivity index (χ4n) is 3.70. The highest BCUT2D eigenvalue weighted by Crippen LogP contribution is 2.22. The Bertz CT molecular complexity index is 734. The van der Waals surface area contributed by atoms with Crippen molar-refractivity contribution in [2.75, 3.05) is 73.0 Å². The normalized spacial score (nSPS) is 17.9. The van der Waals surface area contributed by atoms with Crippen LogP contribution in [-0.2, 0) is 0 Å². The first-order valence-corrected chi connectivity index (χ1v) is 9.79. The van der Waals surface area contributed by atoms with Crippen LogP contribution in [0.25, 0.3) is 0 Å². The predicted molar refractivity (Wildman–Crippen MR) is 109 cm³/mol. The summed E-state index contributed by atoms with van der Waals surface area (Å²) in [4.78, 5) is 17.7. The van der Waals surface area contributed by atoms with Crippen LogP contribution in [0, 0.1) is 0 Å². The van der Waals surface area contributed by atoms with E-state index in [-0.39, 0.29) is 0 Å². The zero-order valence-corrected chi connectivity index (χ0v) is 16.3. The summed E-state index contributed by atoms with van der Waals surface area (Å²) >= 11 is 0. The Morgan fingerprint density at radius 2 is 1.26 bits per heavy atom. The lowest BCUT2D eigenvalue weighted by atomic mass is 10.1. The van der Waals surface area contributed by atoms with Gasteiger partial charge in [-0.15, -0.1) is 10.2 Å². The summed E-state index contributed by atoms with van der Waals surface area (Å²) < 4.78 is 0. The summed E-state index contributed by atoms with van der Waals surface area (Å²) in [6, 6.07) is 6.28. The van der Waals surface area contributed by atoms with Crippen LogP contribution in [0.1, 0.15) is 19.3 Å². The average Bonchev–Trinajstić information content (AvgIpc) is 2.75. The van der Waals surface area contributed by atoms with E-state index in [0.717, 1.165) is 62.5 Å². The van der Waals surface area contributed by atoms with Crippen molar-refractivity contribution in [3.05, 3.63) is 24.5 Å². The monoisotopic (exact) mass is 368 g/mol. The Balaban J connectivity index is 1.37. The molecule has 4 heterocycles. The molecule has 2 aromatic heterocycles. The van der Waals surface area contributed by atoms with Gasteiger partial charge in [0.1, 0.15) is 18.0 Å². The van der Waals surface area contributed by atoms with Gasteiger partial charge in [0.05, 0.1) is 0 Å². The lowest BCUT2D eigenvalue weighted by Crippen LogP contribution is -2.47. The fourth-order valence-corrected chi connectivity index (χ4v) is 3.70. The van der Waals surface area contributed by atoms with Gasteiger partial charge >= 0.3 is 0 Å². The molecule has 0 saturated carbocycles. The van der Waals surface area contributed by atoms with Gasteiger partial charge in [-0.05, 0) is 31.4 Å². The van der Waals surface area contributed by atoms with Crippen molar-refractivity contribution in [2.45, 2.75) is 19.3 Å². The summed E-state index contributed by atoms with van der Waals surface area (Å²) in [6.45, 7) is 5.86. The SMILES string of the molecule is CN(C)c1cc(N2CCN(c3ccc(N4CCCCC4)nn3)CC2)ncn1. The number of rotatable bonds is 4. The summed E-state index contributed by atoms with van der Waals surface area (Å²) in [5.74, 6) is 3.89. The second-order valence-corrected chi connectivity index (χ2v) is 7.40. The third-order valence-corrected chi connectivity index (χ3v) is 5.34. The molecule has 0 amide bonds. The number of piperazine rings is 1. The number of anilines is 4. The van der Waals surface area contributed by atoms with Gasteiger partial charge in [-0.3, -0.25) is 0 Å². The molecule has 2 saturated heterocycles. The van der Waals surface area contributed by atoms with E-state index in [1.807, 2.05) is 25.1 Å². The van der Waals surface area contributed by atoms with Crippen LogP contribution in [0.15, 0.2) is 24.5 Å². The highest BCUT2D eigenvalue weighted by molar-refractivity contribution is 5.51. The molecule has 0 N–H and O–H groups in total. The smallest absolute Gasteiger partial charge is 0.151 e. The molecular formula is C19H28N8. The van der Waals surface area contributed by atoms with Crippen LogP contribution >= 0.6 is 0 Å². The molecule has 0 spiro atoms. The Morgan fingerprint density at radius 1 is 0.704 bits per heavy atom. The predicted octanol–water partition coefficient (Wildman–Crippen LogP) is 1.65. The first-order valence-electron chi connectivity index (χ1n) is 9.79. The van der Waals surface area contributed by atoms with Crippen LogP contribution in [0.3, 0.4) is 0 Å². The van der Waals surface area contributed by atoms with Gasteiger partial charge in [-0.2, -0.15) is 0 Å². The molecule has 8 nitrogen and oxygen atoms in total. The molecule has 0 unspecified atom stereocenters. The lowest BCUT2D eigenvalue weighted by molar-refractivity contribution is 0.570. The van der Waals surface area contributed by atoms with Gasteiger partial charge in [0.15, 0.2) is 11.6 Å². The van der Waals surface area contributed by atoms with E-state index >= 15 is 0 Å². The molecule has 2 aliphatic rings. The van der Waals surface area contributed by atoms with Crippen molar-refractivity contribution in [3.8, 4) is 0 Å². The van der Waals surface area contributed by atoms with Crippen molar-refractivity contribution in [1.82, 2.24) is 20.2 Å². The van der Waals surface area contributed by atoms with E-state index in [1.54, 1.807) is 6.33 Å². The van der Waals surface area contributed by atoms with E-state index in [2.05, 4.69) is 47.0 Å². The summed E-state index contributed by atoms with van der Waals surface area (Å²) in [7, 11) is 3.99. The molecule has 0 radical (unpaired) electrons. The third kappa shape index (κ3) is 4.04. The quantitative estimate of drug-likeness (QED) is 0.807. The molecule has 0 aromatic carbocycles. The first-order chi connectivity index (χ1) is 13.2. The zero-order chi connectivity index (χ0) is 18.6. The summed E-state index contributed by atoms with van der Waals surface area (Å²) in [6.07, 6.45) is 5.48. The topological polar surface area (TPSA) is 64.5 Å². The largest absolute Gasteiger partial charge is 0.363 e. The number of nitrogens with zero attached hydrogens (tertiary/aromatic N) is 8. The maximum atomic E-state index is 4.50. The second-order valence-electron chi connectivity index (χ2n) is 7.40. The van der Waals surface area contributed by atoms with Crippen LogP contribution < -0.4 is 19.6 Å². The minimum atomic E-state index is 0.916. The van der Waals surface area contributed by atoms with Crippen molar-refractivity contribution >= 4 is 23.3 Å². The van der Waals surface area contributed by atoms with Crippen LogP contribution in [0.2, 0.25) is 0 Å². The van der Waals surface area contributed by atoms with E-state index in [4.69, 9.17) is 0 Å². The second kappa shape index (κ2) is 7.94. The molecule has 27 heavy (non-hydrogen) atoms. The molecule has 4 rings (SSSR count). The number of hydrogen-bond donors (Lipinski definition) is 0. The highest BCUT2D eigenvalue weighted by atomic mass is 15.4. The Morgan fingerprint density at radius 3 is 1.81 bits per heavy atom. The van der Waals surface area contributed by atoms with Crippen molar-refractivity contribution < 1.29 is 0 Å². The molecule has 0 bridgehead atoms. The molecular weight excluding hydrogens is 340 g/mol. The van der Waals surface area contributed by atoms with Crippen LogP contribution in [-0.4, -0.2) is 73.5 Å². The molecule has 0 aliphatic carbocycles. The molecule has 2 aliphatic heterocycles. The van der Waals surface area contributed by atoms with Gasteiger partial charge in [0.25, 0.3) is 0 Å². The summed E-state index contributed by atoms with van der Waals surface area (Å²) in [5, 5.41) is 8.98. The minimum Gasteiger partial charge on any atom is -0.363 e. The maximum absolute atomic E-state index is 4.50. The minimum absolute atomic E-state index is 0.916. The molecule has 8 heteroatoms. The Kier molecular flexibility index (Phi) is 5.22. The number of piperidine rings is 1. The van der Waals surface area contributed by atoms with Gasteiger partial charge in [-0.25, -0.2) is 9.97 Å². The first kappa shape index (κ1) is 17.8. The zero-order valence-electron chi connectivity index (χ0n) is 16.3. The maximum Gasteiger partial charge on any atom is 0.151 e. The average molecular weight is 368 g/mol. The van der Waals surface area contributed by atoms with Crippen molar-refractivity contribution in [1.29, 1.82) is 0 Å². The van der Waals surface area contributed by atoms with E-state index in [0.29, 0.717) is 0 Å². The van der Waals surface area contributed by atoms with Gasteiger partial charge < -0.3 is 19.6 Å². The third-order valence-electron chi connectivity index (χ3n) is 5.34. The van der Waals surface area contributed by atoms with Crippen LogP contribution in [0.4, 0.5) is 23.3 Å². The van der Waals surface area contributed by atoms with Gasteiger partial charge in [0.2, 0.25) is 0 Å². The number of hydrogen-bond acceptors (Lipinski definition) is 8. The summed E-state index contributed by atoms with van der Waals surface area (Å²) in [5.41, 5.74) is 0. The standard InChI is InChI=1S/C19H28N8/c1-24(2)18-14-19(21-15-20-18)27-12-10-26(11-13-27)17-7-6-16(22-23-17)25-8-4-3-5-9-25/h6-7,14-15H,3-5,8-13H2,1-2H3. The lowest BCUT2D eigenvalue weighted by Gasteiger charge is -2.36. The Hall–Kier alpha value is -2.64. The Labute approximate surface area is 160 Å². The van der Waals surface area contributed by atoms with E-state index in [9.17, 15) is 0 Å². The molecule has 144 valence electrons. The molecule has 2 aromatic rings.